The zero-order chi connectivity index (χ0) is 35.6. The summed E-state index contributed by atoms with van der Waals surface area (Å²) in [6.45, 7) is 6.37. The van der Waals surface area contributed by atoms with Crippen LogP contribution in [0.1, 0.15) is 56.0 Å². The standard InChI is InChI=1S/C37H49N3O8S/c1-26-23-40(27(2)25-41)37(43)33-22-30(38-49(44,45)32-17-15-31(46-5)16-18-32)14-19-34(33)48-28(3)11-9-10-20-47-35(26)24-39(4)36(42)21-29-12-7-6-8-13-29/h6-8,12-19,22,26-28,35,38,41H,9-11,20-21,23-25H2,1-5H3/t26-,27-,28+,35+/m1/s1. The van der Waals surface area contributed by atoms with Crippen molar-refractivity contribution >= 4 is 27.5 Å². The molecular weight excluding hydrogens is 646 g/mol. The van der Waals surface area contributed by atoms with E-state index in [4.69, 9.17) is 14.2 Å². The normalized spacial score (nSPS) is 19.9. The number of methoxy groups -OCH3 is 1. The maximum Gasteiger partial charge on any atom is 0.261 e. The number of sulfonamides is 1. The maximum atomic E-state index is 14.4. The van der Waals surface area contributed by atoms with Crippen LogP contribution in [0.4, 0.5) is 5.69 Å². The predicted octanol–water partition coefficient (Wildman–Crippen LogP) is 4.99. The summed E-state index contributed by atoms with van der Waals surface area (Å²) in [6.07, 6.45) is 1.95. The van der Waals surface area contributed by atoms with E-state index >= 15 is 0 Å². The summed E-state index contributed by atoms with van der Waals surface area (Å²) in [4.78, 5) is 30.8. The monoisotopic (exact) mass is 695 g/mol. The molecule has 1 aliphatic rings. The van der Waals surface area contributed by atoms with E-state index in [0.717, 1.165) is 18.4 Å². The number of hydrogen-bond donors (Lipinski definition) is 2. The van der Waals surface area contributed by atoms with Gasteiger partial charge in [-0.05, 0) is 81.1 Å². The second kappa shape index (κ2) is 17.5. The average Bonchev–Trinajstić information content (AvgIpc) is 3.09. The number of aliphatic hydroxyl groups is 1. The molecule has 0 saturated carbocycles. The molecular formula is C37H49N3O8S. The highest BCUT2D eigenvalue weighted by Gasteiger charge is 2.31. The Morgan fingerprint density at radius 3 is 2.47 bits per heavy atom. The number of likely N-dealkylation sites (N-methyl/N-ethyl adjacent to an activating group) is 1. The molecule has 0 saturated heterocycles. The average molecular weight is 696 g/mol. The van der Waals surface area contributed by atoms with Gasteiger partial charge in [-0.2, -0.15) is 0 Å². The fourth-order valence-electron chi connectivity index (χ4n) is 5.69. The molecule has 11 nitrogen and oxygen atoms in total. The van der Waals surface area contributed by atoms with Gasteiger partial charge in [0.15, 0.2) is 0 Å². The number of benzene rings is 3. The summed E-state index contributed by atoms with van der Waals surface area (Å²) >= 11 is 0. The molecule has 266 valence electrons. The number of carbonyl (C=O) groups is 2. The Balaban J connectivity index is 1.63. The van der Waals surface area contributed by atoms with Crippen molar-refractivity contribution in [1.82, 2.24) is 9.80 Å². The third-order valence-corrected chi connectivity index (χ3v) is 10.1. The number of amides is 2. The summed E-state index contributed by atoms with van der Waals surface area (Å²) in [5, 5.41) is 10.2. The van der Waals surface area contributed by atoms with Crippen molar-refractivity contribution in [3.05, 3.63) is 83.9 Å². The molecule has 3 aromatic carbocycles. The number of nitrogens with one attached hydrogen (secondary N) is 1. The van der Waals surface area contributed by atoms with E-state index in [1.165, 1.54) is 25.3 Å². The van der Waals surface area contributed by atoms with Gasteiger partial charge in [-0.15, -0.1) is 0 Å². The lowest BCUT2D eigenvalue weighted by atomic mass is 10.0. The maximum absolute atomic E-state index is 14.4. The van der Waals surface area contributed by atoms with Gasteiger partial charge in [0, 0.05) is 38.3 Å². The minimum absolute atomic E-state index is 0.0344. The Morgan fingerprint density at radius 1 is 1.08 bits per heavy atom. The molecule has 0 aromatic heterocycles. The smallest absolute Gasteiger partial charge is 0.261 e. The number of ether oxygens (including phenoxy) is 3. The molecule has 1 heterocycles. The van der Waals surface area contributed by atoms with Crippen LogP contribution in [0.15, 0.2) is 77.7 Å². The Hall–Kier alpha value is -4.13. The highest BCUT2D eigenvalue weighted by atomic mass is 32.2. The first kappa shape index (κ1) is 37.7. The molecule has 12 heteroatoms. The Bertz CT molecular complexity index is 1640. The molecule has 2 N–H and O–H groups in total. The molecule has 49 heavy (non-hydrogen) atoms. The molecule has 2 amide bonds. The minimum Gasteiger partial charge on any atom is -0.497 e. The molecule has 0 radical (unpaired) electrons. The molecule has 1 aliphatic heterocycles. The topological polar surface area (TPSA) is 135 Å². The van der Waals surface area contributed by atoms with E-state index < -0.39 is 22.0 Å². The van der Waals surface area contributed by atoms with Gasteiger partial charge in [-0.1, -0.05) is 37.3 Å². The van der Waals surface area contributed by atoms with Gasteiger partial charge >= 0.3 is 0 Å². The van der Waals surface area contributed by atoms with E-state index in [2.05, 4.69) is 4.72 Å². The van der Waals surface area contributed by atoms with Crippen LogP contribution in [-0.2, 0) is 26.0 Å². The predicted molar refractivity (Wildman–Crippen MR) is 188 cm³/mol. The fourth-order valence-corrected chi connectivity index (χ4v) is 6.74. The van der Waals surface area contributed by atoms with Gasteiger partial charge in [0.05, 0.1) is 48.8 Å². The van der Waals surface area contributed by atoms with Crippen molar-refractivity contribution in [1.29, 1.82) is 0 Å². The van der Waals surface area contributed by atoms with Gasteiger partial charge in [0.1, 0.15) is 11.5 Å². The molecule has 4 rings (SSSR count). The second-order valence-electron chi connectivity index (χ2n) is 12.7. The Kier molecular flexibility index (Phi) is 13.5. The number of anilines is 1. The molecule has 0 spiro atoms. The van der Waals surface area contributed by atoms with E-state index in [-0.39, 0.29) is 59.8 Å². The van der Waals surface area contributed by atoms with E-state index in [0.29, 0.717) is 31.1 Å². The van der Waals surface area contributed by atoms with Crippen molar-refractivity contribution in [3.63, 3.8) is 0 Å². The van der Waals surface area contributed by atoms with Gasteiger partial charge in [-0.25, -0.2) is 8.42 Å². The molecule has 0 unspecified atom stereocenters. The second-order valence-corrected chi connectivity index (χ2v) is 14.4. The number of hydrogen-bond acceptors (Lipinski definition) is 8. The molecule has 0 fully saturated rings. The summed E-state index contributed by atoms with van der Waals surface area (Å²) in [5.74, 6) is 0.150. The lowest BCUT2D eigenvalue weighted by Gasteiger charge is -2.36. The third-order valence-electron chi connectivity index (χ3n) is 8.75. The van der Waals surface area contributed by atoms with Crippen LogP contribution in [0.5, 0.6) is 11.5 Å². The third kappa shape index (κ3) is 10.4. The van der Waals surface area contributed by atoms with Gasteiger partial charge in [-0.3, -0.25) is 14.3 Å². The number of aliphatic hydroxyl groups excluding tert-OH is 1. The largest absolute Gasteiger partial charge is 0.497 e. The summed E-state index contributed by atoms with van der Waals surface area (Å²) in [6, 6.07) is 19.6. The highest BCUT2D eigenvalue weighted by molar-refractivity contribution is 7.92. The van der Waals surface area contributed by atoms with Gasteiger partial charge in [0.25, 0.3) is 15.9 Å². The van der Waals surface area contributed by atoms with Crippen LogP contribution < -0.4 is 14.2 Å². The summed E-state index contributed by atoms with van der Waals surface area (Å²) < 4.78 is 46.9. The van der Waals surface area contributed by atoms with Crippen molar-refractivity contribution < 1.29 is 37.3 Å². The first-order valence-corrected chi connectivity index (χ1v) is 18.2. The Labute approximate surface area is 290 Å². The SMILES string of the molecule is COc1ccc(S(=O)(=O)Nc2ccc3c(c2)C(=O)N([C@H](C)CO)C[C@@H](C)[C@H](CN(C)C(=O)Cc2ccccc2)OCCCC[C@H](C)O3)cc1. The molecule has 3 aromatic rings. The van der Waals surface area contributed by atoms with Crippen molar-refractivity contribution in [3.8, 4) is 11.5 Å². The van der Waals surface area contributed by atoms with Crippen LogP contribution in [0, 0.1) is 5.92 Å². The molecule has 0 aliphatic carbocycles. The summed E-state index contributed by atoms with van der Waals surface area (Å²) in [7, 11) is -0.733. The van der Waals surface area contributed by atoms with Crippen molar-refractivity contribution in [2.75, 3.05) is 45.2 Å². The summed E-state index contributed by atoms with van der Waals surface area (Å²) in [5.41, 5.74) is 1.28. The van der Waals surface area contributed by atoms with E-state index in [1.54, 1.807) is 48.0 Å². The fraction of sp³-hybridized carbons (Fsp3) is 0.459. The van der Waals surface area contributed by atoms with Gasteiger partial charge < -0.3 is 29.1 Å². The molecule has 0 bridgehead atoms. The van der Waals surface area contributed by atoms with Crippen LogP contribution in [0.25, 0.3) is 0 Å². The van der Waals surface area contributed by atoms with Crippen molar-refractivity contribution in [2.24, 2.45) is 5.92 Å². The van der Waals surface area contributed by atoms with Crippen LogP contribution in [-0.4, -0.2) is 93.8 Å². The zero-order valence-corrected chi connectivity index (χ0v) is 29.8. The van der Waals surface area contributed by atoms with E-state index in [1.807, 2.05) is 44.2 Å². The number of nitrogens with zero attached hydrogens (tertiary/aromatic N) is 2. The number of carbonyl (C=O) groups excluding carboxylic acids is 2. The van der Waals surface area contributed by atoms with E-state index in [9.17, 15) is 23.1 Å². The molecule has 4 atom stereocenters. The lowest BCUT2D eigenvalue weighted by molar-refractivity contribution is -0.131. The van der Waals surface area contributed by atoms with Crippen LogP contribution >= 0.6 is 0 Å². The van der Waals surface area contributed by atoms with Crippen LogP contribution in [0.2, 0.25) is 0 Å². The first-order valence-electron chi connectivity index (χ1n) is 16.7. The number of rotatable bonds is 10. The lowest BCUT2D eigenvalue weighted by Crippen LogP contribution is -2.48. The zero-order valence-electron chi connectivity index (χ0n) is 29.0. The first-order chi connectivity index (χ1) is 23.4. The number of fused-ring (bicyclic) bond motifs is 1. The van der Waals surface area contributed by atoms with Crippen LogP contribution in [0.3, 0.4) is 0 Å². The minimum atomic E-state index is -3.99. The van der Waals surface area contributed by atoms with Crippen molar-refractivity contribution in [2.45, 2.75) is 69.6 Å². The Morgan fingerprint density at radius 2 is 1.80 bits per heavy atom. The quantitative estimate of drug-likeness (QED) is 0.303. The van der Waals surface area contributed by atoms with Gasteiger partial charge in [0.2, 0.25) is 5.91 Å². The highest BCUT2D eigenvalue weighted by Crippen LogP contribution is 2.30.